The Morgan fingerprint density at radius 3 is 2.33 bits per heavy atom. The van der Waals surface area contributed by atoms with Crippen LogP contribution in [-0.4, -0.2) is 35.1 Å². The van der Waals surface area contributed by atoms with Gasteiger partial charge >= 0.3 is 11.9 Å². The number of aromatic nitrogens is 1. The van der Waals surface area contributed by atoms with Gasteiger partial charge in [-0.05, 0) is 66.9 Å². The standard InChI is InChI=1S/C21H20N2O6S/c1-14-13-16(7-10-18(14)23-12-2-3-19(23)21(26)27)22-30(28,29)17-8-4-15(5-9-17)6-11-20(24)25/h2-5,7-10,12-13,22H,6,11H2,1H3,(H,24,25)(H,26,27). The molecule has 0 bridgehead atoms. The highest BCUT2D eigenvalue weighted by atomic mass is 32.2. The van der Waals surface area contributed by atoms with Crippen molar-refractivity contribution in [1.29, 1.82) is 0 Å². The Morgan fingerprint density at radius 1 is 1.03 bits per heavy atom. The Bertz CT molecular complexity index is 1200. The first-order valence-corrected chi connectivity index (χ1v) is 10.5. The van der Waals surface area contributed by atoms with Crippen LogP contribution in [0.4, 0.5) is 5.69 Å². The average Bonchev–Trinajstić information content (AvgIpc) is 3.16. The minimum Gasteiger partial charge on any atom is -0.481 e. The molecule has 8 nitrogen and oxygen atoms in total. The summed E-state index contributed by atoms with van der Waals surface area (Å²) in [5, 5.41) is 18.0. The second-order valence-corrected chi connectivity index (χ2v) is 8.40. The number of aromatic carboxylic acids is 1. The molecule has 0 saturated heterocycles. The van der Waals surface area contributed by atoms with Crippen molar-refractivity contribution in [1.82, 2.24) is 4.57 Å². The minimum absolute atomic E-state index is 0.0268. The number of anilines is 1. The van der Waals surface area contributed by atoms with E-state index in [1.165, 1.54) is 22.8 Å². The highest BCUT2D eigenvalue weighted by molar-refractivity contribution is 7.92. The van der Waals surface area contributed by atoms with Gasteiger partial charge in [0.2, 0.25) is 0 Å². The van der Waals surface area contributed by atoms with Crippen LogP contribution in [0, 0.1) is 6.92 Å². The Labute approximate surface area is 173 Å². The van der Waals surface area contributed by atoms with Gasteiger partial charge in [-0.3, -0.25) is 9.52 Å². The molecular formula is C21H20N2O6S. The quantitative estimate of drug-likeness (QED) is 0.505. The van der Waals surface area contributed by atoms with E-state index in [0.717, 1.165) is 5.56 Å². The second kappa shape index (κ2) is 8.42. The molecule has 0 spiro atoms. The van der Waals surface area contributed by atoms with Gasteiger partial charge in [-0.1, -0.05) is 12.1 Å². The number of carbonyl (C=O) groups is 2. The SMILES string of the molecule is Cc1cc(NS(=O)(=O)c2ccc(CCC(=O)O)cc2)ccc1-n1cccc1C(=O)O. The number of nitrogens with zero attached hydrogens (tertiary/aromatic N) is 1. The van der Waals surface area contributed by atoms with Crippen LogP contribution in [0.25, 0.3) is 5.69 Å². The van der Waals surface area contributed by atoms with Crippen molar-refractivity contribution in [2.24, 2.45) is 0 Å². The highest BCUT2D eigenvalue weighted by Gasteiger charge is 2.16. The first-order valence-electron chi connectivity index (χ1n) is 9.02. The zero-order valence-corrected chi connectivity index (χ0v) is 16.9. The lowest BCUT2D eigenvalue weighted by molar-refractivity contribution is -0.136. The molecule has 0 aliphatic carbocycles. The summed E-state index contributed by atoms with van der Waals surface area (Å²) in [5.41, 5.74) is 2.50. The summed E-state index contributed by atoms with van der Waals surface area (Å²) in [7, 11) is -3.83. The summed E-state index contributed by atoms with van der Waals surface area (Å²) in [4.78, 5) is 22.0. The van der Waals surface area contributed by atoms with Crippen LogP contribution in [-0.2, 0) is 21.2 Å². The van der Waals surface area contributed by atoms with E-state index in [1.54, 1.807) is 49.5 Å². The van der Waals surface area contributed by atoms with Gasteiger partial charge in [0.1, 0.15) is 5.69 Å². The number of aryl methyl sites for hydroxylation is 2. The van der Waals surface area contributed by atoms with Crippen LogP contribution in [0.2, 0.25) is 0 Å². The molecule has 0 saturated carbocycles. The molecule has 1 aromatic heterocycles. The minimum atomic E-state index is -3.83. The van der Waals surface area contributed by atoms with Crippen LogP contribution in [0.5, 0.6) is 0 Å². The van der Waals surface area contributed by atoms with E-state index in [0.29, 0.717) is 23.4 Å². The fourth-order valence-electron chi connectivity index (χ4n) is 3.06. The maximum absolute atomic E-state index is 12.7. The zero-order valence-electron chi connectivity index (χ0n) is 16.1. The molecular weight excluding hydrogens is 408 g/mol. The van der Waals surface area contributed by atoms with E-state index in [-0.39, 0.29) is 17.0 Å². The molecule has 2 aromatic carbocycles. The topological polar surface area (TPSA) is 126 Å². The molecule has 0 aliphatic heterocycles. The molecule has 30 heavy (non-hydrogen) atoms. The smallest absolute Gasteiger partial charge is 0.352 e. The number of carboxylic acid groups (broad SMARTS) is 2. The molecule has 3 rings (SSSR count). The lowest BCUT2D eigenvalue weighted by Gasteiger charge is -2.13. The van der Waals surface area contributed by atoms with Crippen molar-refractivity contribution in [2.45, 2.75) is 24.7 Å². The van der Waals surface area contributed by atoms with Gasteiger partial charge in [0, 0.05) is 24.0 Å². The van der Waals surface area contributed by atoms with E-state index in [1.807, 2.05) is 0 Å². The molecule has 156 valence electrons. The van der Waals surface area contributed by atoms with Gasteiger partial charge < -0.3 is 14.8 Å². The van der Waals surface area contributed by atoms with E-state index in [4.69, 9.17) is 5.11 Å². The highest BCUT2D eigenvalue weighted by Crippen LogP contribution is 2.23. The van der Waals surface area contributed by atoms with Crippen LogP contribution < -0.4 is 4.72 Å². The summed E-state index contributed by atoms with van der Waals surface area (Å²) in [5.74, 6) is -1.97. The monoisotopic (exact) mass is 428 g/mol. The van der Waals surface area contributed by atoms with Crippen LogP contribution in [0.1, 0.15) is 28.0 Å². The molecule has 0 amide bonds. The van der Waals surface area contributed by atoms with Gasteiger partial charge in [-0.15, -0.1) is 0 Å². The predicted molar refractivity (Wildman–Crippen MR) is 111 cm³/mol. The van der Waals surface area contributed by atoms with Crippen molar-refractivity contribution < 1.29 is 28.2 Å². The third kappa shape index (κ3) is 4.69. The summed E-state index contributed by atoms with van der Waals surface area (Å²) >= 11 is 0. The van der Waals surface area contributed by atoms with Gasteiger partial charge in [0.05, 0.1) is 4.90 Å². The van der Waals surface area contributed by atoms with Crippen LogP contribution in [0.3, 0.4) is 0 Å². The van der Waals surface area contributed by atoms with E-state index in [2.05, 4.69) is 4.72 Å². The van der Waals surface area contributed by atoms with Gasteiger partial charge in [-0.2, -0.15) is 0 Å². The molecule has 1 heterocycles. The number of rotatable bonds is 8. The molecule has 0 unspecified atom stereocenters. The average molecular weight is 428 g/mol. The summed E-state index contributed by atoms with van der Waals surface area (Å²) in [6.07, 6.45) is 1.92. The second-order valence-electron chi connectivity index (χ2n) is 6.71. The Balaban J connectivity index is 1.80. The maximum Gasteiger partial charge on any atom is 0.352 e. The fraction of sp³-hybridized carbons (Fsp3) is 0.143. The number of nitrogens with one attached hydrogen (secondary N) is 1. The fourth-order valence-corrected chi connectivity index (χ4v) is 4.10. The molecule has 0 atom stereocenters. The van der Waals surface area contributed by atoms with Crippen molar-refractivity contribution in [2.75, 3.05) is 4.72 Å². The Hall–Kier alpha value is -3.59. The molecule has 0 aliphatic rings. The van der Waals surface area contributed by atoms with E-state index >= 15 is 0 Å². The maximum atomic E-state index is 12.7. The third-order valence-electron chi connectivity index (χ3n) is 4.54. The molecule has 9 heteroatoms. The van der Waals surface area contributed by atoms with Gasteiger partial charge in [0.25, 0.3) is 10.0 Å². The zero-order chi connectivity index (χ0) is 21.9. The van der Waals surface area contributed by atoms with Crippen LogP contribution in [0.15, 0.2) is 65.7 Å². The molecule has 0 radical (unpaired) electrons. The Kier molecular flexibility index (Phi) is 5.93. The van der Waals surface area contributed by atoms with Crippen molar-refractivity contribution >= 4 is 27.6 Å². The van der Waals surface area contributed by atoms with Crippen molar-refractivity contribution in [3.05, 3.63) is 77.6 Å². The van der Waals surface area contributed by atoms with E-state index < -0.39 is 22.0 Å². The first-order chi connectivity index (χ1) is 14.2. The molecule has 0 fully saturated rings. The third-order valence-corrected chi connectivity index (χ3v) is 5.93. The number of sulfonamides is 1. The normalized spacial score (nSPS) is 11.2. The molecule has 3 N–H and O–H groups in total. The predicted octanol–water partition coefficient (Wildman–Crippen LogP) is 3.30. The summed E-state index contributed by atoms with van der Waals surface area (Å²) in [6, 6.07) is 14.0. The van der Waals surface area contributed by atoms with Crippen molar-refractivity contribution in [3.63, 3.8) is 0 Å². The number of hydrogen-bond donors (Lipinski definition) is 3. The largest absolute Gasteiger partial charge is 0.481 e. The van der Waals surface area contributed by atoms with Gasteiger partial charge in [0.15, 0.2) is 0 Å². The first kappa shape index (κ1) is 21.1. The van der Waals surface area contributed by atoms with Gasteiger partial charge in [-0.25, -0.2) is 13.2 Å². The summed E-state index contributed by atoms with van der Waals surface area (Å²) in [6.45, 7) is 1.76. The lowest BCUT2D eigenvalue weighted by atomic mass is 10.1. The number of benzene rings is 2. The summed E-state index contributed by atoms with van der Waals surface area (Å²) < 4.78 is 29.3. The lowest BCUT2D eigenvalue weighted by Crippen LogP contribution is -2.13. The number of aliphatic carboxylic acids is 1. The number of carboxylic acids is 2. The Morgan fingerprint density at radius 2 is 1.73 bits per heavy atom. The number of hydrogen-bond acceptors (Lipinski definition) is 4. The molecule has 3 aromatic rings. The van der Waals surface area contributed by atoms with E-state index in [9.17, 15) is 23.1 Å². The van der Waals surface area contributed by atoms with Crippen LogP contribution >= 0.6 is 0 Å². The van der Waals surface area contributed by atoms with Crippen molar-refractivity contribution in [3.8, 4) is 5.69 Å².